The van der Waals surface area contributed by atoms with Gasteiger partial charge in [-0.3, -0.25) is 4.79 Å². The highest BCUT2D eigenvalue weighted by Crippen LogP contribution is 2.12. The number of aryl methyl sites for hydroxylation is 1. The molecule has 1 amide bonds. The summed E-state index contributed by atoms with van der Waals surface area (Å²) in [5, 5.41) is 2.95. The largest absolute Gasteiger partial charge is 0.349 e. The zero-order valence-electron chi connectivity index (χ0n) is 9.00. The number of amides is 1. The van der Waals surface area contributed by atoms with Gasteiger partial charge in [0.25, 0.3) is 5.91 Å². The molecule has 0 bridgehead atoms. The summed E-state index contributed by atoms with van der Waals surface area (Å²) in [6, 6.07) is 0.198. The summed E-state index contributed by atoms with van der Waals surface area (Å²) in [6.45, 7) is 8.04. The Balaban J connectivity index is 2.64. The molecule has 1 N–H and O–H groups in total. The molecular formula is C10H16N2OS. The van der Waals surface area contributed by atoms with Gasteiger partial charge >= 0.3 is 0 Å². The summed E-state index contributed by atoms with van der Waals surface area (Å²) >= 11 is 1.39. The Morgan fingerprint density at radius 2 is 2.14 bits per heavy atom. The number of hydrogen-bond acceptors (Lipinski definition) is 3. The molecule has 0 aromatic carbocycles. The molecule has 1 aromatic rings. The maximum Gasteiger partial charge on any atom is 0.263 e. The number of carbonyl (C=O) groups is 1. The van der Waals surface area contributed by atoms with E-state index >= 15 is 0 Å². The molecule has 0 spiro atoms. The molecule has 0 unspecified atom stereocenters. The molecule has 0 radical (unpaired) electrons. The average Bonchev–Trinajstić information content (AvgIpc) is 2.51. The second-order valence-electron chi connectivity index (χ2n) is 3.77. The normalized spacial score (nSPS) is 12.9. The van der Waals surface area contributed by atoms with Gasteiger partial charge in [-0.05, 0) is 19.8 Å². The number of nitrogens with one attached hydrogen (secondary N) is 1. The Hall–Kier alpha value is -0.900. The van der Waals surface area contributed by atoms with Crippen LogP contribution < -0.4 is 5.32 Å². The van der Waals surface area contributed by atoms with Crippen molar-refractivity contribution in [2.45, 2.75) is 33.7 Å². The topological polar surface area (TPSA) is 42.0 Å². The Kier molecular flexibility index (Phi) is 3.63. The second kappa shape index (κ2) is 4.55. The molecule has 4 heteroatoms. The minimum atomic E-state index is -0.00815. The van der Waals surface area contributed by atoms with Crippen LogP contribution in [-0.2, 0) is 0 Å². The van der Waals surface area contributed by atoms with Crippen LogP contribution in [0.5, 0.6) is 0 Å². The number of hydrogen-bond donors (Lipinski definition) is 1. The van der Waals surface area contributed by atoms with Gasteiger partial charge in [0.1, 0.15) is 4.88 Å². The van der Waals surface area contributed by atoms with E-state index in [2.05, 4.69) is 24.1 Å². The van der Waals surface area contributed by atoms with Gasteiger partial charge in [0.2, 0.25) is 0 Å². The number of nitrogens with zero attached hydrogens (tertiary/aromatic N) is 1. The molecule has 14 heavy (non-hydrogen) atoms. The highest BCUT2D eigenvalue weighted by Gasteiger charge is 2.15. The van der Waals surface area contributed by atoms with Crippen molar-refractivity contribution < 1.29 is 4.79 Å². The van der Waals surface area contributed by atoms with E-state index in [1.165, 1.54) is 11.3 Å². The van der Waals surface area contributed by atoms with Crippen LogP contribution in [0.1, 0.15) is 36.1 Å². The fraction of sp³-hybridized carbons (Fsp3) is 0.600. The van der Waals surface area contributed by atoms with Crippen LogP contribution in [0.2, 0.25) is 0 Å². The van der Waals surface area contributed by atoms with E-state index in [4.69, 9.17) is 0 Å². The Morgan fingerprint density at radius 3 is 2.57 bits per heavy atom. The maximum atomic E-state index is 11.7. The van der Waals surface area contributed by atoms with Crippen LogP contribution in [0.15, 0.2) is 5.51 Å². The third-order valence-electron chi connectivity index (χ3n) is 2.31. The predicted octanol–water partition coefficient (Wildman–Crippen LogP) is 2.23. The van der Waals surface area contributed by atoms with Crippen molar-refractivity contribution in [1.29, 1.82) is 0 Å². The van der Waals surface area contributed by atoms with Gasteiger partial charge in [0.05, 0.1) is 11.2 Å². The van der Waals surface area contributed by atoms with Crippen molar-refractivity contribution in [3.05, 3.63) is 16.1 Å². The first-order valence-corrected chi connectivity index (χ1v) is 5.61. The molecule has 0 aliphatic rings. The fourth-order valence-corrected chi connectivity index (χ4v) is 1.66. The third-order valence-corrected chi connectivity index (χ3v) is 3.24. The van der Waals surface area contributed by atoms with E-state index in [1.807, 2.05) is 13.8 Å². The first-order chi connectivity index (χ1) is 6.52. The van der Waals surface area contributed by atoms with Crippen molar-refractivity contribution >= 4 is 17.2 Å². The Labute approximate surface area is 88.6 Å². The van der Waals surface area contributed by atoms with Crippen molar-refractivity contribution in [3.8, 4) is 0 Å². The van der Waals surface area contributed by atoms with Crippen LogP contribution in [0.25, 0.3) is 0 Å². The lowest BCUT2D eigenvalue weighted by molar-refractivity contribution is 0.0934. The van der Waals surface area contributed by atoms with Crippen LogP contribution in [-0.4, -0.2) is 16.9 Å². The fourth-order valence-electron chi connectivity index (χ4n) is 0.959. The minimum absolute atomic E-state index is 0.00815. The summed E-state index contributed by atoms with van der Waals surface area (Å²) in [5.41, 5.74) is 2.51. The van der Waals surface area contributed by atoms with Crippen LogP contribution in [0.4, 0.5) is 0 Å². The van der Waals surface area contributed by atoms with Gasteiger partial charge in [0, 0.05) is 6.04 Å². The van der Waals surface area contributed by atoms with Crippen LogP contribution >= 0.6 is 11.3 Å². The number of rotatable bonds is 3. The van der Waals surface area contributed by atoms with E-state index < -0.39 is 0 Å². The summed E-state index contributed by atoms with van der Waals surface area (Å²) in [5.74, 6) is 0.443. The molecule has 0 saturated carbocycles. The van der Waals surface area contributed by atoms with Gasteiger partial charge in [-0.1, -0.05) is 13.8 Å². The summed E-state index contributed by atoms with van der Waals surface area (Å²) in [7, 11) is 0. The van der Waals surface area contributed by atoms with Gasteiger partial charge in [-0.25, -0.2) is 4.98 Å². The maximum absolute atomic E-state index is 11.7. The Bertz CT molecular complexity index is 320. The second-order valence-corrected chi connectivity index (χ2v) is 4.63. The van der Waals surface area contributed by atoms with E-state index in [0.717, 1.165) is 10.6 Å². The van der Waals surface area contributed by atoms with Crippen LogP contribution in [0.3, 0.4) is 0 Å². The van der Waals surface area contributed by atoms with E-state index in [-0.39, 0.29) is 11.9 Å². The predicted molar refractivity (Wildman–Crippen MR) is 58.6 cm³/mol. The van der Waals surface area contributed by atoms with Crippen molar-refractivity contribution in [2.24, 2.45) is 5.92 Å². The summed E-state index contributed by atoms with van der Waals surface area (Å²) < 4.78 is 0. The summed E-state index contributed by atoms with van der Waals surface area (Å²) in [4.78, 5) is 16.5. The molecule has 0 fully saturated rings. The standard InChI is InChI=1S/C10H16N2OS/c1-6(2)7(3)12-10(13)9-8(4)11-5-14-9/h5-7H,1-4H3,(H,12,13)/t7-/m1/s1. The lowest BCUT2D eigenvalue weighted by Gasteiger charge is -2.16. The highest BCUT2D eigenvalue weighted by molar-refractivity contribution is 7.11. The molecule has 0 aliphatic carbocycles. The molecule has 1 rings (SSSR count). The van der Waals surface area contributed by atoms with Crippen molar-refractivity contribution in [3.63, 3.8) is 0 Å². The SMILES string of the molecule is Cc1ncsc1C(=O)N[C@H](C)C(C)C. The lowest BCUT2D eigenvalue weighted by Crippen LogP contribution is -2.35. The molecule has 78 valence electrons. The van der Waals surface area contributed by atoms with Gasteiger partial charge < -0.3 is 5.32 Å². The van der Waals surface area contributed by atoms with Crippen molar-refractivity contribution in [1.82, 2.24) is 10.3 Å². The van der Waals surface area contributed by atoms with E-state index in [0.29, 0.717) is 5.92 Å². The smallest absolute Gasteiger partial charge is 0.263 e. The first-order valence-electron chi connectivity index (χ1n) is 4.73. The molecule has 3 nitrogen and oxygen atoms in total. The number of carbonyl (C=O) groups excluding carboxylic acids is 1. The third kappa shape index (κ3) is 2.54. The molecule has 1 atom stereocenters. The first kappa shape index (κ1) is 11.2. The monoisotopic (exact) mass is 212 g/mol. The molecule has 1 aromatic heterocycles. The van der Waals surface area contributed by atoms with Gasteiger partial charge in [-0.2, -0.15) is 0 Å². The average molecular weight is 212 g/mol. The zero-order chi connectivity index (χ0) is 10.7. The van der Waals surface area contributed by atoms with E-state index in [9.17, 15) is 4.79 Å². The van der Waals surface area contributed by atoms with Gasteiger partial charge in [-0.15, -0.1) is 11.3 Å². The quantitative estimate of drug-likeness (QED) is 0.834. The Morgan fingerprint density at radius 1 is 1.50 bits per heavy atom. The lowest BCUT2D eigenvalue weighted by atomic mass is 10.1. The van der Waals surface area contributed by atoms with Crippen LogP contribution in [0, 0.1) is 12.8 Å². The summed E-state index contributed by atoms with van der Waals surface area (Å²) in [6.07, 6.45) is 0. The molecule has 0 saturated heterocycles. The number of thiazole rings is 1. The molecular weight excluding hydrogens is 196 g/mol. The molecule has 1 heterocycles. The van der Waals surface area contributed by atoms with Crippen molar-refractivity contribution in [2.75, 3.05) is 0 Å². The van der Waals surface area contributed by atoms with E-state index in [1.54, 1.807) is 5.51 Å². The highest BCUT2D eigenvalue weighted by atomic mass is 32.1. The zero-order valence-corrected chi connectivity index (χ0v) is 9.81. The molecule has 0 aliphatic heterocycles. The minimum Gasteiger partial charge on any atom is -0.349 e. The van der Waals surface area contributed by atoms with Gasteiger partial charge in [0.15, 0.2) is 0 Å². The number of aromatic nitrogens is 1.